The number of benzene rings is 1. The number of aromatic nitrogens is 3. The Bertz CT molecular complexity index is 441. The quantitative estimate of drug-likeness (QED) is 0.901. The van der Waals surface area contributed by atoms with Crippen molar-refractivity contribution in [2.75, 3.05) is 0 Å². The molecule has 78 valence electrons. The predicted octanol–water partition coefficient (Wildman–Crippen LogP) is 1.70. The van der Waals surface area contributed by atoms with Crippen molar-refractivity contribution in [1.29, 1.82) is 0 Å². The Morgan fingerprint density at radius 2 is 2.00 bits per heavy atom. The molecule has 2 N–H and O–H groups in total. The minimum atomic E-state index is 0.561. The third-order valence-corrected chi connectivity index (χ3v) is 2.78. The Balaban J connectivity index is 2.45. The second-order valence-corrected chi connectivity index (χ2v) is 4.00. The highest BCUT2D eigenvalue weighted by Crippen LogP contribution is 2.25. The number of nitrogens with two attached hydrogens (primary N) is 1. The average molecular weight is 267 g/mol. The van der Waals surface area contributed by atoms with E-state index >= 15 is 0 Å². The SMILES string of the molecule is Cn1nnc(Br)c1-c1ccc(CN)cc1. The van der Waals surface area contributed by atoms with Gasteiger partial charge in [-0.25, -0.2) is 4.68 Å². The molecule has 0 bridgehead atoms. The van der Waals surface area contributed by atoms with Crippen molar-refractivity contribution < 1.29 is 0 Å². The molecule has 2 aromatic rings. The van der Waals surface area contributed by atoms with E-state index in [-0.39, 0.29) is 0 Å². The number of halogens is 1. The fourth-order valence-electron chi connectivity index (χ4n) is 1.44. The maximum Gasteiger partial charge on any atom is 0.156 e. The van der Waals surface area contributed by atoms with Crippen LogP contribution >= 0.6 is 15.9 Å². The van der Waals surface area contributed by atoms with Crippen molar-refractivity contribution in [3.8, 4) is 11.3 Å². The smallest absolute Gasteiger partial charge is 0.156 e. The normalized spacial score (nSPS) is 10.6. The first-order valence-corrected chi connectivity index (χ1v) is 5.36. The van der Waals surface area contributed by atoms with E-state index < -0.39 is 0 Å². The number of hydrogen-bond acceptors (Lipinski definition) is 3. The Morgan fingerprint density at radius 1 is 1.33 bits per heavy atom. The van der Waals surface area contributed by atoms with Crippen molar-refractivity contribution in [2.24, 2.45) is 12.8 Å². The van der Waals surface area contributed by atoms with Gasteiger partial charge in [0.1, 0.15) is 5.69 Å². The largest absolute Gasteiger partial charge is 0.326 e. The van der Waals surface area contributed by atoms with Gasteiger partial charge in [0.15, 0.2) is 4.60 Å². The highest BCUT2D eigenvalue weighted by Gasteiger charge is 2.09. The summed E-state index contributed by atoms with van der Waals surface area (Å²) in [5.74, 6) is 0. The average Bonchev–Trinajstić information content (AvgIpc) is 2.59. The van der Waals surface area contributed by atoms with E-state index in [1.54, 1.807) is 4.68 Å². The molecule has 0 aliphatic rings. The van der Waals surface area contributed by atoms with Crippen LogP contribution in [0.5, 0.6) is 0 Å². The monoisotopic (exact) mass is 266 g/mol. The highest BCUT2D eigenvalue weighted by atomic mass is 79.9. The summed E-state index contributed by atoms with van der Waals surface area (Å²) < 4.78 is 2.49. The van der Waals surface area contributed by atoms with E-state index in [1.807, 2.05) is 31.3 Å². The molecule has 5 heteroatoms. The van der Waals surface area contributed by atoms with Gasteiger partial charge in [-0.05, 0) is 21.5 Å². The van der Waals surface area contributed by atoms with E-state index in [0.717, 1.165) is 21.4 Å². The fraction of sp³-hybridized carbons (Fsp3) is 0.200. The molecule has 0 unspecified atom stereocenters. The van der Waals surface area contributed by atoms with Gasteiger partial charge in [-0.3, -0.25) is 0 Å². The van der Waals surface area contributed by atoms with Crippen LogP contribution in [0, 0.1) is 0 Å². The maximum atomic E-state index is 5.54. The van der Waals surface area contributed by atoms with E-state index in [0.29, 0.717) is 6.54 Å². The molecular weight excluding hydrogens is 256 g/mol. The Labute approximate surface area is 96.2 Å². The minimum absolute atomic E-state index is 0.561. The summed E-state index contributed by atoms with van der Waals surface area (Å²) in [5, 5.41) is 7.87. The van der Waals surface area contributed by atoms with Crippen LogP contribution in [0.3, 0.4) is 0 Å². The molecule has 0 amide bonds. The summed E-state index contributed by atoms with van der Waals surface area (Å²) in [6, 6.07) is 8.06. The van der Waals surface area contributed by atoms with Crippen LogP contribution in [0.25, 0.3) is 11.3 Å². The Kier molecular flexibility index (Phi) is 2.83. The summed E-state index contributed by atoms with van der Waals surface area (Å²) in [6.07, 6.45) is 0. The molecule has 4 nitrogen and oxygen atoms in total. The van der Waals surface area contributed by atoms with Crippen LogP contribution in [-0.2, 0) is 13.6 Å². The standard InChI is InChI=1S/C10H11BrN4/c1-15-9(10(11)13-14-15)8-4-2-7(6-12)3-5-8/h2-5H,6,12H2,1H3. The van der Waals surface area contributed by atoms with Gasteiger partial charge < -0.3 is 5.73 Å². The van der Waals surface area contributed by atoms with Gasteiger partial charge in [0.2, 0.25) is 0 Å². The van der Waals surface area contributed by atoms with Crippen molar-refractivity contribution in [1.82, 2.24) is 15.0 Å². The highest BCUT2D eigenvalue weighted by molar-refractivity contribution is 9.10. The lowest BCUT2D eigenvalue weighted by Crippen LogP contribution is -1.97. The number of nitrogens with zero attached hydrogens (tertiary/aromatic N) is 3. The van der Waals surface area contributed by atoms with Gasteiger partial charge in [0.25, 0.3) is 0 Å². The van der Waals surface area contributed by atoms with E-state index in [4.69, 9.17) is 5.73 Å². The van der Waals surface area contributed by atoms with Gasteiger partial charge in [-0.2, -0.15) is 0 Å². The van der Waals surface area contributed by atoms with Gasteiger partial charge in [-0.15, -0.1) is 5.10 Å². The second-order valence-electron chi connectivity index (χ2n) is 3.25. The van der Waals surface area contributed by atoms with Crippen molar-refractivity contribution >= 4 is 15.9 Å². The van der Waals surface area contributed by atoms with Crippen LogP contribution in [0.2, 0.25) is 0 Å². The van der Waals surface area contributed by atoms with Crippen LogP contribution in [-0.4, -0.2) is 15.0 Å². The zero-order chi connectivity index (χ0) is 10.8. The summed E-state index contributed by atoms with van der Waals surface area (Å²) in [6.45, 7) is 0.561. The maximum absolute atomic E-state index is 5.54. The van der Waals surface area contributed by atoms with Crippen LogP contribution < -0.4 is 5.73 Å². The van der Waals surface area contributed by atoms with Crippen LogP contribution in [0.1, 0.15) is 5.56 Å². The minimum Gasteiger partial charge on any atom is -0.326 e. The van der Waals surface area contributed by atoms with Gasteiger partial charge >= 0.3 is 0 Å². The van der Waals surface area contributed by atoms with Crippen molar-refractivity contribution in [3.05, 3.63) is 34.4 Å². The molecule has 0 fully saturated rings. The molecular formula is C10H11BrN4. The summed E-state index contributed by atoms with van der Waals surface area (Å²) in [4.78, 5) is 0. The molecule has 1 heterocycles. The van der Waals surface area contributed by atoms with Gasteiger partial charge in [-0.1, -0.05) is 29.5 Å². The van der Waals surface area contributed by atoms with Crippen molar-refractivity contribution in [3.63, 3.8) is 0 Å². The molecule has 1 aromatic carbocycles. The molecule has 0 saturated carbocycles. The Morgan fingerprint density at radius 3 is 2.47 bits per heavy atom. The van der Waals surface area contributed by atoms with Crippen LogP contribution in [0.4, 0.5) is 0 Å². The molecule has 2 rings (SSSR count). The summed E-state index contributed by atoms with van der Waals surface area (Å²) >= 11 is 3.37. The third kappa shape index (κ3) is 1.93. The van der Waals surface area contributed by atoms with E-state index in [9.17, 15) is 0 Å². The number of aryl methyl sites for hydroxylation is 1. The summed E-state index contributed by atoms with van der Waals surface area (Å²) in [7, 11) is 1.87. The molecule has 15 heavy (non-hydrogen) atoms. The van der Waals surface area contributed by atoms with E-state index in [2.05, 4.69) is 26.2 Å². The topological polar surface area (TPSA) is 56.7 Å². The van der Waals surface area contributed by atoms with Gasteiger partial charge in [0, 0.05) is 19.2 Å². The zero-order valence-electron chi connectivity index (χ0n) is 8.31. The fourth-order valence-corrected chi connectivity index (χ4v) is 1.99. The van der Waals surface area contributed by atoms with E-state index in [1.165, 1.54) is 0 Å². The first kappa shape index (κ1) is 10.3. The third-order valence-electron chi connectivity index (χ3n) is 2.25. The molecule has 0 aliphatic carbocycles. The Hall–Kier alpha value is -1.20. The molecule has 0 spiro atoms. The molecule has 1 aromatic heterocycles. The number of hydrogen-bond donors (Lipinski definition) is 1. The molecule has 0 atom stereocenters. The predicted molar refractivity (Wildman–Crippen MR) is 62.0 cm³/mol. The zero-order valence-corrected chi connectivity index (χ0v) is 9.90. The number of rotatable bonds is 2. The van der Waals surface area contributed by atoms with Crippen molar-refractivity contribution in [2.45, 2.75) is 6.54 Å². The molecule has 0 saturated heterocycles. The lowest BCUT2D eigenvalue weighted by molar-refractivity contribution is 0.720. The first-order valence-electron chi connectivity index (χ1n) is 4.57. The second kappa shape index (κ2) is 4.12. The lowest BCUT2D eigenvalue weighted by atomic mass is 10.1. The molecule has 0 radical (unpaired) electrons. The van der Waals surface area contributed by atoms with Crippen LogP contribution in [0.15, 0.2) is 28.9 Å². The van der Waals surface area contributed by atoms with Gasteiger partial charge in [0.05, 0.1) is 0 Å². The summed E-state index contributed by atoms with van der Waals surface area (Å²) in [5.41, 5.74) is 8.70. The lowest BCUT2D eigenvalue weighted by Gasteiger charge is -2.02. The molecule has 0 aliphatic heterocycles. The first-order chi connectivity index (χ1) is 7.22.